The van der Waals surface area contributed by atoms with E-state index in [9.17, 15) is 0 Å². The van der Waals surface area contributed by atoms with Gasteiger partial charge in [-0.25, -0.2) is 9.97 Å². The molecule has 0 aliphatic rings. The Balaban J connectivity index is 1.73. The molecule has 3 rings (SSSR count). The van der Waals surface area contributed by atoms with Gasteiger partial charge in [0.1, 0.15) is 0 Å². The van der Waals surface area contributed by atoms with Crippen molar-refractivity contribution in [1.29, 1.82) is 0 Å². The minimum absolute atomic E-state index is 0.716. The average molecular weight is 356 g/mol. The number of aromatic amines is 2. The van der Waals surface area contributed by atoms with Crippen LogP contribution in [0.4, 0.5) is 0 Å². The maximum atomic E-state index is 4.46. The third kappa shape index (κ3) is 3.95. The fourth-order valence-corrected chi connectivity index (χ4v) is 3.00. The number of thioether (sulfide) groups is 2. The Hall–Kier alpha value is -2.32. The highest BCUT2D eigenvalue weighted by Gasteiger charge is 2.08. The van der Waals surface area contributed by atoms with Crippen molar-refractivity contribution in [3.63, 3.8) is 0 Å². The van der Waals surface area contributed by atoms with Gasteiger partial charge in [-0.05, 0) is 0 Å². The number of nitrogens with zero attached hydrogens (tertiary/aromatic N) is 4. The van der Waals surface area contributed by atoms with Crippen LogP contribution in [0, 0.1) is 0 Å². The van der Waals surface area contributed by atoms with Gasteiger partial charge < -0.3 is 0 Å². The lowest BCUT2D eigenvalue weighted by molar-refractivity contribution is 0.975. The monoisotopic (exact) mass is 356 g/mol. The van der Waals surface area contributed by atoms with Gasteiger partial charge in [0.25, 0.3) is 0 Å². The molecular formula is C16H16N6S2. The first kappa shape index (κ1) is 16.5. The smallest absolute Gasteiger partial charge is 0.209 e. The SMILES string of the molecule is C=CCSc1n[nH]c(-c2ccc(-c3nc(SCC=C)n[nH]3)cc2)n1. The van der Waals surface area contributed by atoms with E-state index in [-0.39, 0.29) is 0 Å². The van der Waals surface area contributed by atoms with Crippen molar-refractivity contribution in [2.24, 2.45) is 0 Å². The number of hydrogen-bond donors (Lipinski definition) is 2. The summed E-state index contributed by atoms with van der Waals surface area (Å²) in [4.78, 5) is 8.92. The van der Waals surface area contributed by atoms with Gasteiger partial charge in [0.05, 0.1) is 0 Å². The van der Waals surface area contributed by atoms with Gasteiger partial charge in [-0.3, -0.25) is 10.2 Å². The number of H-pyrrole nitrogens is 2. The number of nitrogens with one attached hydrogen (secondary N) is 2. The lowest BCUT2D eigenvalue weighted by atomic mass is 10.1. The van der Waals surface area contributed by atoms with E-state index in [4.69, 9.17) is 0 Å². The third-order valence-corrected chi connectivity index (χ3v) is 4.71. The summed E-state index contributed by atoms with van der Waals surface area (Å²) in [5.74, 6) is 3.06. The van der Waals surface area contributed by atoms with Gasteiger partial charge in [-0.2, -0.15) is 0 Å². The molecule has 0 aliphatic heterocycles. The van der Waals surface area contributed by atoms with Gasteiger partial charge >= 0.3 is 0 Å². The van der Waals surface area contributed by atoms with E-state index in [1.165, 1.54) is 0 Å². The summed E-state index contributed by atoms with van der Waals surface area (Å²) in [6, 6.07) is 7.93. The van der Waals surface area contributed by atoms with Crippen LogP contribution in [-0.2, 0) is 0 Å². The van der Waals surface area contributed by atoms with Gasteiger partial charge in [0, 0.05) is 22.6 Å². The predicted octanol–water partition coefficient (Wildman–Crippen LogP) is 3.81. The van der Waals surface area contributed by atoms with E-state index in [0.29, 0.717) is 10.3 Å². The summed E-state index contributed by atoms with van der Waals surface area (Å²) in [7, 11) is 0. The number of benzene rings is 1. The van der Waals surface area contributed by atoms with Crippen molar-refractivity contribution in [3.8, 4) is 22.8 Å². The first-order chi connectivity index (χ1) is 11.8. The largest absolute Gasteiger partial charge is 0.258 e. The van der Waals surface area contributed by atoms with Crippen LogP contribution in [0.1, 0.15) is 0 Å². The summed E-state index contributed by atoms with van der Waals surface area (Å²) in [5.41, 5.74) is 1.94. The first-order valence-electron chi connectivity index (χ1n) is 7.23. The topological polar surface area (TPSA) is 83.1 Å². The zero-order valence-electron chi connectivity index (χ0n) is 12.9. The predicted molar refractivity (Wildman–Crippen MR) is 99.0 cm³/mol. The highest BCUT2D eigenvalue weighted by atomic mass is 32.2. The quantitative estimate of drug-likeness (QED) is 0.472. The van der Waals surface area contributed by atoms with Gasteiger partial charge in [0.15, 0.2) is 11.6 Å². The van der Waals surface area contributed by atoms with Crippen LogP contribution in [-0.4, -0.2) is 41.9 Å². The van der Waals surface area contributed by atoms with Crippen LogP contribution in [0.2, 0.25) is 0 Å². The first-order valence-corrected chi connectivity index (χ1v) is 9.20. The summed E-state index contributed by atoms with van der Waals surface area (Å²) in [5, 5.41) is 15.7. The second kappa shape index (κ2) is 7.98. The van der Waals surface area contributed by atoms with E-state index >= 15 is 0 Å². The van der Waals surface area contributed by atoms with E-state index < -0.39 is 0 Å². The van der Waals surface area contributed by atoms with E-state index in [2.05, 4.69) is 43.5 Å². The molecule has 3 aromatic rings. The standard InChI is InChI=1S/C16H16N6S2/c1-3-9-23-15-17-13(19-21-15)11-5-7-12(8-6-11)14-18-16(22-20-14)24-10-4-2/h3-8H,1-2,9-10H2,(H,17,19,21)(H,18,20,22). The molecule has 0 fully saturated rings. The molecule has 0 atom stereocenters. The number of hydrogen-bond acceptors (Lipinski definition) is 6. The minimum atomic E-state index is 0.716. The van der Waals surface area contributed by atoms with Crippen molar-refractivity contribution in [2.45, 2.75) is 10.3 Å². The lowest BCUT2D eigenvalue weighted by Gasteiger charge is -1.98. The normalized spacial score (nSPS) is 10.7. The molecule has 0 amide bonds. The van der Waals surface area contributed by atoms with Crippen LogP contribution < -0.4 is 0 Å². The fraction of sp³-hybridized carbons (Fsp3) is 0.125. The second-order valence-corrected chi connectivity index (χ2v) is 6.68. The summed E-state index contributed by atoms with van der Waals surface area (Å²) in [6.45, 7) is 7.38. The van der Waals surface area contributed by atoms with Gasteiger partial charge in [-0.15, -0.1) is 23.4 Å². The minimum Gasteiger partial charge on any atom is -0.258 e. The molecule has 122 valence electrons. The van der Waals surface area contributed by atoms with E-state index in [1.807, 2.05) is 36.4 Å². The molecule has 2 N–H and O–H groups in total. The molecule has 24 heavy (non-hydrogen) atoms. The van der Waals surface area contributed by atoms with Gasteiger partial charge in [-0.1, -0.05) is 59.9 Å². The molecule has 2 heterocycles. The van der Waals surface area contributed by atoms with Crippen molar-refractivity contribution in [3.05, 3.63) is 49.6 Å². The highest BCUT2D eigenvalue weighted by molar-refractivity contribution is 7.99. The van der Waals surface area contributed by atoms with Crippen LogP contribution >= 0.6 is 23.5 Å². The molecule has 0 unspecified atom stereocenters. The Labute approximate surface area is 148 Å². The Kier molecular flexibility index (Phi) is 5.50. The Morgan fingerprint density at radius 1 is 0.792 bits per heavy atom. The third-order valence-electron chi connectivity index (χ3n) is 3.02. The van der Waals surface area contributed by atoms with Crippen molar-refractivity contribution < 1.29 is 0 Å². The van der Waals surface area contributed by atoms with Crippen LogP contribution in [0.15, 0.2) is 59.9 Å². The Bertz CT molecular complexity index is 752. The molecule has 0 aliphatic carbocycles. The zero-order valence-corrected chi connectivity index (χ0v) is 14.5. The molecule has 8 heteroatoms. The summed E-state index contributed by atoms with van der Waals surface area (Å²) >= 11 is 3.08. The molecule has 0 spiro atoms. The molecule has 0 saturated heterocycles. The molecule has 0 bridgehead atoms. The van der Waals surface area contributed by atoms with Crippen molar-refractivity contribution >= 4 is 23.5 Å². The van der Waals surface area contributed by atoms with Crippen molar-refractivity contribution in [2.75, 3.05) is 11.5 Å². The highest BCUT2D eigenvalue weighted by Crippen LogP contribution is 2.23. The number of rotatable bonds is 8. The van der Waals surface area contributed by atoms with Crippen LogP contribution in [0.3, 0.4) is 0 Å². The second-order valence-electron chi connectivity index (χ2n) is 4.71. The molecule has 6 nitrogen and oxygen atoms in total. The number of aromatic nitrogens is 6. The molecule has 2 aromatic heterocycles. The molecular weight excluding hydrogens is 340 g/mol. The maximum absolute atomic E-state index is 4.46. The molecule has 0 radical (unpaired) electrons. The van der Waals surface area contributed by atoms with Gasteiger partial charge in [0.2, 0.25) is 10.3 Å². The molecule has 0 saturated carbocycles. The lowest BCUT2D eigenvalue weighted by Crippen LogP contribution is -1.84. The average Bonchev–Trinajstić information content (AvgIpc) is 3.28. The van der Waals surface area contributed by atoms with E-state index in [1.54, 1.807) is 23.5 Å². The fourth-order valence-electron chi connectivity index (χ4n) is 1.93. The van der Waals surface area contributed by atoms with Crippen LogP contribution in [0.5, 0.6) is 0 Å². The van der Waals surface area contributed by atoms with E-state index in [0.717, 1.165) is 34.3 Å². The van der Waals surface area contributed by atoms with Crippen LogP contribution in [0.25, 0.3) is 22.8 Å². The summed E-state index contributed by atoms with van der Waals surface area (Å²) < 4.78 is 0. The van der Waals surface area contributed by atoms with Crippen molar-refractivity contribution in [1.82, 2.24) is 30.4 Å². The molecule has 1 aromatic carbocycles. The Morgan fingerprint density at radius 2 is 1.21 bits per heavy atom. The summed E-state index contributed by atoms with van der Waals surface area (Å²) in [6.07, 6.45) is 3.66. The Morgan fingerprint density at radius 3 is 1.58 bits per heavy atom. The maximum Gasteiger partial charge on any atom is 0.209 e. The zero-order chi connectivity index (χ0) is 16.8.